The number of para-hydroxylation sites is 1. The fourth-order valence-electron chi connectivity index (χ4n) is 3.47. The van der Waals surface area contributed by atoms with Crippen LogP contribution in [0.2, 0.25) is 0 Å². The fraction of sp³-hybridized carbons (Fsp3) is 0.389. The van der Waals surface area contributed by atoms with Gasteiger partial charge in [-0.2, -0.15) is 5.10 Å². The molecule has 0 bridgehead atoms. The molecule has 3 aromatic rings. The summed E-state index contributed by atoms with van der Waals surface area (Å²) < 4.78 is 15.7. The van der Waals surface area contributed by atoms with E-state index in [0.717, 1.165) is 37.1 Å². The molecule has 130 valence electrons. The molecule has 0 atom stereocenters. The van der Waals surface area contributed by atoms with Crippen LogP contribution in [0.1, 0.15) is 12.8 Å². The van der Waals surface area contributed by atoms with Gasteiger partial charge in [0.15, 0.2) is 5.65 Å². The third-order valence-electron chi connectivity index (χ3n) is 5.00. The van der Waals surface area contributed by atoms with Crippen molar-refractivity contribution in [3.05, 3.63) is 42.6 Å². The van der Waals surface area contributed by atoms with E-state index in [1.54, 1.807) is 29.1 Å². The molecule has 4 rings (SSSR count). The lowest BCUT2D eigenvalue weighted by molar-refractivity contribution is 0.252. The molecule has 6 nitrogen and oxygen atoms in total. The van der Waals surface area contributed by atoms with E-state index in [1.807, 2.05) is 0 Å². The first-order valence-corrected chi connectivity index (χ1v) is 8.50. The zero-order chi connectivity index (χ0) is 17.4. The second-order valence-corrected chi connectivity index (χ2v) is 6.59. The maximum atomic E-state index is 14.1. The van der Waals surface area contributed by atoms with Gasteiger partial charge in [-0.1, -0.05) is 12.1 Å². The highest BCUT2D eigenvalue weighted by Gasteiger charge is 2.24. The van der Waals surface area contributed by atoms with Crippen molar-refractivity contribution in [1.29, 1.82) is 0 Å². The number of benzene rings is 1. The number of nitrogens with zero attached hydrogens (tertiary/aromatic N) is 6. The zero-order valence-corrected chi connectivity index (χ0v) is 14.4. The van der Waals surface area contributed by atoms with Gasteiger partial charge in [0.25, 0.3) is 0 Å². The molecule has 0 unspecified atom stereocenters. The molecule has 3 heterocycles. The standard InChI is InChI=1S/C18H21FN6/c1-23-9-7-13(8-10-23)24(2)17-14-11-22-25(18(14)21-12-20-17)16-6-4-3-5-15(16)19/h3-6,11-13H,7-10H2,1-2H3. The molecule has 1 fully saturated rings. The highest BCUT2D eigenvalue weighted by atomic mass is 19.1. The summed E-state index contributed by atoms with van der Waals surface area (Å²) in [5.41, 5.74) is 1.01. The number of aromatic nitrogens is 4. The van der Waals surface area contributed by atoms with Crippen LogP contribution < -0.4 is 4.90 Å². The van der Waals surface area contributed by atoms with Crippen LogP contribution in [0.15, 0.2) is 36.8 Å². The molecule has 7 heteroatoms. The van der Waals surface area contributed by atoms with Crippen molar-refractivity contribution in [3.63, 3.8) is 0 Å². The average molecular weight is 340 g/mol. The summed E-state index contributed by atoms with van der Waals surface area (Å²) in [4.78, 5) is 13.4. The van der Waals surface area contributed by atoms with E-state index < -0.39 is 0 Å². The highest BCUT2D eigenvalue weighted by Crippen LogP contribution is 2.28. The van der Waals surface area contributed by atoms with Gasteiger partial charge in [-0.3, -0.25) is 0 Å². The second kappa shape index (κ2) is 6.40. The van der Waals surface area contributed by atoms with Gasteiger partial charge < -0.3 is 9.80 Å². The zero-order valence-electron chi connectivity index (χ0n) is 14.4. The molecule has 0 spiro atoms. The van der Waals surface area contributed by atoms with Gasteiger partial charge in [0, 0.05) is 13.1 Å². The van der Waals surface area contributed by atoms with E-state index in [0.29, 0.717) is 17.4 Å². The highest BCUT2D eigenvalue weighted by molar-refractivity contribution is 5.87. The average Bonchev–Trinajstić information content (AvgIpc) is 3.06. The summed E-state index contributed by atoms with van der Waals surface area (Å²) in [6, 6.07) is 7.02. The molecule has 1 aliphatic heterocycles. The van der Waals surface area contributed by atoms with Crippen LogP contribution in [0.5, 0.6) is 0 Å². The Bertz CT molecular complexity index is 884. The third kappa shape index (κ3) is 2.84. The number of hydrogen-bond donors (Lipinski definition) is 0. The Morgan fingerprint density at radius 3 is 2.68 bits per heavy atom. The lowest BCUT2D eigenvalue weighted by Gasteiger charge is -2.35. The molecule has 0 amide bonds. The summed E-state index contributed by atoms with van der Waals surface area (Å²) in [6.07, 6.45) is 5.45. The minimum absolute atomic E-state index is 0.323. The second-order valence-electron chi connectivity index (χ2n) is 6.59. The van der Waals surface area contributed by atoms with Crippen molar-refractivity contribution in [3.8, 4) is 5.69 Å². The molecular formula is C18H21FN6. The molecule has 1 saturated heterocycles. The Kier molecular flexibility index (Phi) is 4.09. The van der Waals surface area contributed by atoms with Gasteiger partial charge in [0.1, 0.15) is 23.6 Å². The summed E-state index contributed by atoms with van der Waals surface area (Å²) in [5, 5.41) is 5.21. The molecule has 25 heavy (non-hydrogen) atoms. The van der Waals surface area contributed by atoms with Crippen molar-refractivity contribution < 1.29 is 4.39 Å². The van der Waals surface area contributed by atoms with E-state index >= 15 is 0 Å². The number of hydrogen-bond acceptors (Lipinski definition) is 5. The van der Waals surface area contributed by atoms with Crippen LogP contribution in [-0.2, 0) is 0 Å². The van der Waals surface area contributed by atoms with E-state index in [-0.39, 0.29) is 5.82 Å². The molecule has 0 aliphatic carbocycles. The topological polar surface area (TPSA) is 50.1 Å². The first-order chi connectivity index (χ1) is 12.1. The fourth-order valence-corrected chi connectivity index (χ4v) is 3.47. The third-order valence-corrected chi connectivity index (χ3v) is 5.00. The van der Waals surface area contributed by atoms with Gasteiger partial charge >= 0.3 is 0 Å². The molecule has 1 aliphatic rings. The Morgan fingerprint density at radius 2 is 1.92 bits per heavy atom. The predicted octanol–water partition coefficient (Wildman–Crippen LogP) is 2.49. The van der Waals surface area contributed by atoms with Crippen molar-refractivity contribution in [2.24, 2.45) is 0 Å². The Labute approximate surface area is 145 Å². The molecule has 0 N–H and O–H groups in total. The number of halogens is 1. The normalized spacial score (nSPS) is 16.4. The van der Waals surface area contributed by atoms with Crippen LogP contribution in [-0.4, -0.2) is 57.9 Å². The molecule has 0 radical (unpaired) electrons. The summed E-state index contributed by atoms with van der Waals surface area (Å²) in [7, 11) is 4.22. The smallest absolute Gasteiger partial charge is 0.168 e. The number of fused-ring (bicyclic) bond motifs is 1. The van der Waals surface area contributed by atoms with E-state index in [2.05, 4.69) is 39.0 Å². The number of piperidine rings is 1. The minimum Gasteiger partial charge on any atom is -0.356 e. The van der Waals surface area contributed by atoms with E-state index in [9.17, 15) is 4.39 Å². The molecule has 0 saturated carbocycles. The molecule has 2 aromatic heterocycles. The Balaban J connectivity index is 1.73. The quantitative estimate of drug-likeness (QED) is 0.733. The summed E-state index contributed by atoms with van der Waals surface area (Å²) in [6.45, 7) is 2.16. The largest absolute Gasteiger partial charge is 0.356 e. The maximum Gasteiger partial charge on any atom is 0.168 e. The summed E-state index contributed by atoms with van der Waals surface area (Å²) >= 11 is 0. The lowest BCUT2D eigenvalue weighted by atomic mass is 10.0. The van der Waals surface area contributed by atoms with Gasteiger partial charge in [-0.05, 0) is 45.1 Å². The van der Waals surface area contributed by atoms with Gasteiger partial charge in [0.2, 0.25) is 0 Å². The van der Waals surface area contributed by atoms with Crippen LogP contribution in [0.4, 0.5) is 10.2 Å². The Hall–Kier alpha value is -2.54. The molecular weight excluding hydrogens is 319 g/mol. The van der Waals surface area contributed by atoms with Crippen molar-refractivity contribution in [1.82, 2.24) is 24.6 Å². The maximum absolute atomic E-state index is 14.1. The van der Waals surface area contributed by atoms with Crippen LogP contribution in [0.25, 0.3) is 16.7 Å². The number of rotatable bonds is 3. The van der Waals surface area contributed by atoms with Crippen molar-refractivity contribution in [2.75, 3.05) is 32.1 Å². The van der Waals surface area contributed by atoms with Crippen molar-refractivity contribution >= 4 is 16.9 Å². The SMILES string of the molecule is CN1CCC(N(C)c2ncnc3c2cnn3-c2ccccc2F)CC1. The predicted molar refractivity (Wildman–Crippen MR) is 95.5 cm³/mol. The van der Waals surface area contributed by atoms with Crippen molar-refractivity contribution in [2.45, 2.75) is 18.9 Å². The van der Waals surface area contributed by atoms with Gasteiger partial charge in [-0.25, -0.2) is 19.0 Å². The first kappa shape index (κ1) is 16.0. The van der Waals surface area contributed by atoms with Crippen LogP contribution in [0, 0.1) is 5.82 Å². The number of likely N-dealkylation sites (tertiary alicyclic amines) is 1. The molecule has 1 aromatic carbocycles. The van der Waals surface area contributed by atoms with Gasteiger partial charge in [-0.15, -0.1) is 0 Å². The first-order valence-electron chi connectivity index (χ1n) is 8.50. The lowest BCUT2D eigenvalue weighted by Crippen LogP contribution is -2.42. The monoisotopic (exact) mass is 340 g/mol. The van der Waals surface area contributed by atoms with Crippen LogP contribution in [0.3, 0.4) is 0 Å². The summed E-state index contributed by atoms with van der Waals surface area (Å²) in [5.74, 6) is 0.526. The van der Waals surface area contributed by atoms with E-state index in [4.69, 9.17) is 0 Å². The van der Waals surface area contributed by atoms with E-state index in [1.165, 1.54) is 12.4 Å². The minimum atomic E-state index is -0.323. The Morgan fingerprint density at radius 1 is 1.16 bits per heavy atom. The number of anilines is 1. The van der Waals surface area contributed by atoms with Gasteiger partial charge in [0.05, 0.1) is 11.6 Å². The van der Waals surface area contributed by atoms with Crippen LogP contribution >= 0.6 is 0 Å².